The summed E-state index contributed by atoms with van der Waals surface area (Å²) >= 11 is 1.37. The molecule has 0 atom stereocenters. The first-order chi connectivity index (χ1) is 14.1. The highest BCUT2D eigenvalue weighted by Gasteiger charge is 2.10. The van der Waals surface area contributed by atoms with Crippen LogP contribution >= 0.6 is 11.8 Å². The van der Waals surface area contributed by atoms with Gasteiger partial charge in [0.25, 0.3) is 5.91 Å². The summed E-state index contributed by atoms with van der Waals surface area (Å²) in [5.41, 5.74) is 0.493. The van der Waals surface area contributed by atoms with Crippen LogP contribution < -0.4 is 14.8 Å². The number of methoxy groups -OCH3 is 2. The summed E-state index contributed by atoms with van der Waals surface area (Å²) in [6.07, 6.45) is 0. The molecule has 0 unspecified atom stereocenters. The molecule has 0 aliphatic heterocycles. The zero-order chi connectivity index (χ0) is 20.6. The number of anilines is 1. The zero-order valence-corrected chi connectivity index (χ0v) is 17.0. The Hall–Kier alpha value is -3.19. The number of carbonyl (C=O) groups is 2. The van der Waals surface area contributed by atoms with Crippen LogP contribution in [-0.2, 0) is 14.3 Å². The lowest BCUT2D eigenvalue weighted by molar-refractivity contribution is -0.144. The number of ether oxygens (including phenoxy) is 3. The molecule has 3 rings (SSSR count). The van der Waals surface area contributed by atoms with Gasteiger partial charge in [0.05, 0.1) is 20.0 Å². The van der Waals surface area contributed by atoms with Crippen molar-refractivity contribution in [3.05, 3.63) is 60.7 Å². The van der Waals surface area contributed by atoms with E-state index in [2.05, 4.69) is 5.32 Å². The molecule has 0 fully saturated rings. The lowest BCUT2D eigenvalue weighted by atomic mass is 10.1. The van der Waals surface area contributed by atoms with Gasteiger partial charge in [-0.2, -0.15) is 0 Å². The van der Waals surface area contributed by atoms with E-state index in [1.54, 1.807) is 18.2 Å². The first kappa shape index (κ1) is 20.5. The van der Waals surface area contributed by atoms with Crippen LogP contribution in [-0.4, -0.2) is 38.5 Å². The second-order valence-electron chi connectivity index (χ2n) is 6.11. The molecule has 0 spiro atoms. The predicted octanol–water partition coefficient (Wildman–Crippen LogP) is 4.13. The minimum Gasteiger partial charge on any atom is -0.497 e. The van der Waals surface area contributed by atoms with E-state index >= 15 is 0 Å². The third-order valence-electron chi connectivity index (χ3n) is 4.08. The molecule has 1 amide bonds. The Morgan fingerprint density at radius 3 is 2.28 bits per heavy atom. The Labute approximate surface area is 173 Å². The van der Waals surface area contributed by atoms with Crippen LogP contribution in [0.25, 0.3) is 10.8 Å². The smallest absolute Gasteiger partial charge is 0.316 e. The molecule has 0 aromatic heterocycles. The normalized spacial score (nSPS) is 10.4. The third kappa shape index (κ3) is 5.89. The maximum atomic E-state index is 12.1. The van der Waals surface area contributed by atoms with E-state index in [4.69, 9.17) is 14.2 Å². The summed E-state index contributed by atoms with van der Waals surface area (Å²) < 4.78 is 15.4. The number of esters is 1. The lowest BCUT2D eigenvalue weighted by Gasteiger charge is -2.10. The number of thioether (sulfide) groups is 1. The van der Waals surface area contributed by atoms with E-state index in [9.17, 15) is 9.59 Å². The van der Waals surface area contributed by atoms with Crippen molar-refractivity contribution in [1.29, 1.82) is 0 Å². The maximum absolute atomic E-state index is 12.1. The number of amides is 1. The number of carbonyl (C=O) groups excluding carboxylic acids is 2. The lowest BCUT2D eigenvalue weighted by Crippen LogP contribution is -2.21. The van der Waals surface area contributed by atoms with Crippen LogP contribution in [0.1, 0.15) is 0 Å². The molecule has 0 saturated heterocycles. The van der Waals surface area contributed by atoms with Gasteiger partial charge in [-0.3, -0.25) is 9.59 Å². The van der Waals surface area contributed by atoms with Gasteiger partial charge in [-0.15, -0.1) is 11.8 Å². The van der Waals surface area contributed by atoms with Crippen molar-refractivity contribution >= 4 is 40.1 Å². The van der Waals surface area contributed by atoms with Gasteiger partial charge in [0.15, 0.2) is 6.61 Å². The number of nitrogens with one attached hydrogen (secondary N) is 1. The number of benzene rings is 3. The molecular formula is C22H21NO5S. The van der Waals surface area contributed by atoms with Crippen molar-refractivity contribution < 1.29 is 23.8 Å². The Kier molecular flexibility index (Phi) is 6.97. The second-order valence-corrected chi connectivity index (χ2v) is 7.16. The molecule has 0 radical (unpaired) electrons. The first-order valence-electron chi connectivity index (χ1n) is 8.87. The quantitative estimate of drug-likeness (QED) is 0.444. The van der Waals surface area contributed by atoms with Gasteiger partial charge >= 0.3 is 5.97 Å². The summed E-state index contributed by atoms with van der Waals surface area (Å²) in [6, 6.07) is 19.0. The molecule has 3 aromatic carbocycles. The van der Waals surface area contributed by atoms with Crippen molar-refractivity contribution in [2.24, 2.45) is 0 Å². The van der Waals surface area contributed by atoms with Gasteiger partial charge in [-0.25, -0.2) is 0 Å². The van der Waals surface area contributed by atoms with Crippen LogP contribution in [0.2, 0.25) is 0 Å². The second kappa shape index (κ2) is 9.84. The number of rotatable bonds is 8. The first-order valence-corrected chi connectivity index (χ1v) is 9.86. The largest absolute Gasteiger partial charge is 0.497 e. The highest BCUT2D eigenvalue weighted by Crippen LogP contribution is 2.26. The van der Waals surface area contributed by atoms with Crippen LogP contribution in [0.4, 0.5) is 5.69 Å². The van der Waals surface area contributed by atoms with Crippen LogP contribution in [0, 0.1) is 0 Å². The molecule has 0 heterocycles. The Bertz CT molecular complexity index is 999. The minimum absolute atomic E-state index is 0.124. The summed E-state index contributed by atoms with van der Waals surface area (Å²) in [5.74, 6) is 0.316. The molecule has 1 N–H and O–H groups in total. The van der Waals surface area contributed by atoms with E-state index in [1.165, 1.54) is 26.0 Å². The minimum atomic E-state index is -0.457. The van der Waals surface area contributed by atoms with Gasteiger partial charge < -0.3 is 19.5 Å². The highest BCUT2D eigenvalue weighted by atomic mass is 32.2. The van der Waals surface area contributed by atoms with Gasteiger partial charge in [0, 0.05) is 28.8 Å². The summed E-state index contributed by atoms with van der Waals surface area (Å²) in [4.78, 5) is 25.0. The Morgan fingerprint density at radius 2 is 1.59 bits per heavy atom. The topological polar surface area (TPSA) is 73.9 Å². The van der Waals surface area contributed by atoms with Gasteiger partial charge in [0.2, 0.25) is 0 Å². The van der Waals surface area contributed by atoms with Crippen LogP contribution in [0.5, 0.6) is 11.5 Å². The van der Waals surface area contributed by atoms with E-state index in [1.807, 2.05) is 42.5 Å². The monoisotopic (exact) mass is 411 g/mol. The van der Waals surface area contributed by atoms with Gasteiger partial charge in [0.1, 0.15) is 11.5 Å². The van der Waals surface area contributed by atoms with E-state index in [0.29, 0.717) is 17.2 Å². The molecule has 0 bridgehead atoms. The van der Waals surface area contributed by atoms with Crippen molar-refractivity contribution in [3.63, 3.8) is 0 Å². The van der Waals surface area contributed by atoms with Crippen molar-refractivity contribution in [2.45, 2.75) is 4.90 Å². The fourth-order valence-electron chi connectivity index (χ4n) is 2.66. The highest BCUT2D eigenvalue weighted by molar-refractivity contribution is 8.00. The molecule has 0 aliphatic carbocycles. The van der Waals surface area contributed by atoms with Crippen molar-refractivity contribution in [1.82, 2.24) is 0 Å². The van der Waals surface area contributed by atoms with Crippen LogP contribution in [0.15, 0.2) is 65.6 Å². The number of fused-ring (bicyclic) bond motifs is 1. The van der Waals surface area contributed by atoms with Crippen molar-refractivity contribution in [2.75, 3.05) is 31.9 Å². The number of hydrogen-bond donors (Lipinski definition) is 1. The Balaban J connectivity index is 1.48. The van der Waals surface area contributed by atoms with E-state index < -0.39 is 11.9 Å². The molecule has 150 valence electrons. The summed E-state index contributed by atoms with van der Waals surface area (Å²) in [6.45, 7) is -0.364. The van der Waals surface area contributed by atoms with Crippen molar-refractivity contribution in [3.8, 4) is 11.5 Å². The average molecular weight is 411 g/mol. The molecule has 6 nitrogen and oxygen atoms in total. The van der Waals surface area contributed by atoms with Gasteiger partial charge in [-0.05, 0) is 22.9 Å². The molecule has 0 aliphatic rings. The zero-order valence-electron chi connectivity index (χ0n) is 16.1. The summed E-state index contributed by atoms with van der Waals surface area (Å²) in [5, 5.41) is 4.91. The third-order valence-corrected chi connectivity index (χ3v) is 5.04. The van der Waals surface area contributed by atoms with Crippen LogP contribution in [0.3, 0.4) is 0 Å². The average Bonchev–Trinajstić information content (AvgIpc) is 2.75. The molecule has 3 aromatic rings. The fourth-order valence-corrected chi connectivity index (χ4v) is 3.41. The van der Waals surface area contributed by atoms with E-state index in [-0.39, 0.29) is 12.4 Å². The maximum Gasteiger partial charge on any atom is 0.316 e. The molecular weight excluding hydrogens is 390 g/mol. The molecule has 0 saturated carbocycles. The van der Waals surface area contributed by atoms with Gasteiger partial charge in [-0.1, -0.05) is 30.3 Å². The Morgan fingerprint density at radius 1 is 0.897 bits per heavy atom. The SMILES string of the molecule is COc1cc(NC(=O)COC(=O)CSc2ccc3ccccc3c2)cc(OC)c1. The molecule has 29 heavy (non-hydrogen) atoms. The summed E-state index contributed by atoms with van der Waals surface area (Å²) in [7, 11) is 3.05. The fraction of sp³-hybridized carbons (Fsp3) is 0.182. The standard InChI is InChI=1S/C22H21NO5S/c1-26-18-10-17(11-19(12-18)27-2)23-21(24)13-28-22(25)14-29-20-8-7-15-5-3-4-6-16(15)9-20/h3-12H,13-14H2,1-2H3,(H,23,24). The predicted molar refractivity (Wildman–Crippen MR) is 114 cm³/mol. The molecule has 7 heteroatoms. The number of hydrogen-bond acceptors (Lipinski definition) is 6. The van der Waals surface area contributed by atoms with E-state index in [0.717, 1.165) is 15.7 Å².